The summed E-state index contributed by atoms with van der Waals surface area (Å²) < 4.78 is 17.6. The van der Waals surface area contributed by atoms with E-state index in [1.165, 1.54) is 12.1 Å². The van der Waals surface area contributed by atoms with E-state index in [1.54, 1.807) is 13.2 Å². The van der Waals surface area contributed by atoms with E-state index in [2.05, 4.69) is 0 Å². The van der Waals surface area contributed by atoms with Gasteiger partial charge in [-0.2, -0.15) is 0 Å². The van der Waals surface area contributed by atoms with Crippen LogP contribution in [0.25, 0.3) is 0 Å². The average molecular weight is 218 g/mol. The van der Waals surface area contributed by atoms with Crippen molar-refractivity contribution in [3.05, 3.63) is 34.6 Å². The van der Waals surface area contributed by atoms with Gasteiger partial charge in [0.05, 0.1) is 6.61 Å². The molecule has 0 aromatic heterocycles. The van der Waals surface area contributed by atoms with E-state index in [0.717, 1.165) is 5.56 Å². The highest BCUT2D eigenvalue weighted by atomic mass is 35.5. The monoisotopic (exact) mass is 217 g/mol. The molecule has 0 amide bonds. The predicted molar refractivity (Wildman–Crippen MR) is 55.0 cm³/mol. The van der Waals surface area contributed by atoms with Crippen LogP contribution >= 0.6 is 11.6 Å². The van der Waals surface area contributed by atoms with E-state index in [9.17, 15) is 4.39 Å². The SMILES string of the molecule is COCC(N)Cc1ccc(F)cc1Cl. The maximum Gasteiger partial charge on any atom is 0.124 e. The fourth-order valence-electron chi connectivity index (χ4n) is 1.24. The van der Waals surface area contributed by atoms with Gasteiger partial charge in [0, 0.05) is 18.2 Å². The third-order valence-electron chi connectivity index (χ3n) is 1.88. The van der Waals surface area contributed by atoms with Gasteiger partial charge in [-0.3, -0.25) is 0 Å². The molecule has 0 saturated carbocycles. The van der Waals surface area contributed by atoms with Crippen LogP contribution < -0.4 is 5.73 Å². The Morgan fingerprint density at radius 3 is 2.86 bits per heavy atom. The Balaban J connectivity index is 2.67. The lowest BCUT2D eigenvalue weighted by Gasteiger charge is -2.11. The smallest absolute Gasteiger partial charge is 0.124 e. The highest BCUT2D eigenvalue weighted by molar-refractivity contribution is 6.31. The first kappa shape index (κ1) is 11.4. The van der Waals surface area contributed by atoms with Gasteiger partial charge in [-0.15, -0.1) is 0 Å². The minimum atomic E-state index is -0.334. The third-order valence-corrected chi connectivity index (χ3v) is 2.23. The van der Waals surface area contributed by atoms with Gasteiger partial charge in [-0.05, 0) is 24.1 Å². The molecule has 1 atom stereocenters. The van der Waals surface area contributed by atoms with Crippen molar-refractivity contribution in [1.82, 2.24) is 0 Å². The zero-order valence-electron chi connectivity index (χ0n) is 7.97. The minimum absolute atomic E-state index is 0.108. The van der Waals surface area contributed by atoms with Crippen molar-refractivity contribution in [2.75, 3.05) is 13.7 Å². The maximum absolute atomic E-state index is 12.7. The molecule has 0 radical (unpaired) electrons. The maximum atomic E-state index is 12.7. The van der Waals surface area contributed by atoms with Gasteiger partial charge in [0.2, 0.25) is 0 Å². The van der Waals surface area contributed by atoms with E-state index in [-0.39, 0.29) is 11.9 Å². The van der Waals surface area contributed by atoms with Crippen LogP contribution in [-0.4, -0.2) is 19.8 Å². The summed E-state index contributed by atoms with van der Waals surface area (Å²) >= 11 is 5.84. The predicted octanol–water partition coefficient (Wildman–Crippen LogP) is 2.00. The highest BCUT2D eigenvalue weighted by Gasteiger charge is 2.07. The Bertz CT molecular complexity index is 306. The van der Waals surface area contributed by atoms with Crippen LogP contribution in [0.5, 0.6) is 0 Å². The van der Waals surface area contributed by atoms with Crippen molar-refractivity contribution in [2.24, 2.45) is 5.73 Å². The minimum Gasteiger partial charge on any atom is -0.383 e. The van der Waals surface area contributed by atoms with Crippen molar-refractivity contribution >= 4 is 11.6 Å². The molecule has 0 heterocycles. The van der Waals surface area contributed by atoms with Gasteiger partial charge in [0.25, 0.3) is 0 Å². The Labute approximate surface area is 87.8 Å². The number of methoxy groups -OCH3 is 1. The van der Waals surface area contributed by atoms with Gasteiger partial charge < -0.3 is 10.5 Å². The number of rotatable bonds is 4. The Hall–Kier alpha value is -0.640. The molecular weight excluding hydrogens is 205 g/mol. The van der Waals surface area contributed by atoms with Crippen molar-refractivity contribution in [1.29, 1.82) is 0 Å². The normalized spacial score (nSPS) is 12.9. The van der Waals surface area contributed by atoms with Crippen LogP contribution in [-0.2, 0) is 11.2 Å². The molecular formula is C10H13ClFNO. The second-order valence-corrected chi connectivity index (χ2v) is 3.56. The van der Waals surface area contributed by atoms with E-state index < -0.39 is 0 Å². The zero-order valence-corrected chi connectivity index (χ0v) is 8.72. The number of nitrogens with two attached hydrogens (primary N) is 1. The summed E-state index contributed by atoms with van der Waals surface area (Å²) in [5.74, 6) is -0.334. The summed E-state index contributed by atoms with van der Waals surface area (Å²) in [6.07, 6.45) is 0.590. The number of hydrogen-bond acceptors (Lipinski definition) is 2. The molecule has 0 aliphatic carbocycles. The molecule has 2 N–H and O–H groups in total. The lowest BCUT2D eigenvalue weighted by molar-refractivity contribution is 0.180. The number of halogens is 2. The molecule has 14 heavy (non-hydrogen) atoms. The molecule has 1 unspecified atom stereocenters. The molecule has 4 heteroatoms. The molecule has 0 fully saturated rings. The molecule has 1 rings (SSSR count). The molecule has 1 aromatic carbocycles. The van der Waals surface area contributed by atoms with Gasteiger partial charge in [-0.1, -0.05) is 17.7 Å². The Morgan fingerprint density at radius 1 is 1.57 bits per heavy atom. The summed E-state index contributed by atoms with van der Waals surface area (Å²) in [6, 6.07) is 4.20. The van der Waals surface area contributed by atoms with E-state index in [0.29, 0.717) is 18.1 Å². The fourth-order valence-corrected chi connectivity index (χ4v) is 1.49. The second kappa shape index (κ2) is 5.29. The lowest BCUT2D eigenvalue weighted by Crippen LogP contribution is -2.28. The van der Waals surface area contributed by atoms with Crippen molar-refractivity contribution in [3.63, 3.8) is 0 Å². The third kappa shape index (κ3) is 3.25. The van der Waals surface area contributed by atoms with Crippen LogP contribution in [0.4, 0.5) is 4.39 Å². The first-order valence-electron chi connectivity index (χ1n) is 4.32. The summed E-state index contributed by atoms with van der Waals surface area (Å²) in [5.41, 5.74) is 6.59. The molecule has 78 valence electrons. The van der Waals surface area contributed by atoms with Crippen molar-refractivity contribution < 1.29 is 9.13 Å². The Morgan fingerprint density at radius 2 is 2.29 bits per heavy atom. The number of ether oxygens (including phenoxy) is 1. The largest absolute Gasteiger partial charge is 0.383 e. The molecule has 1 aromatic rings. The van der Waals surface area contributed by atoms with Gasteiger partial charge in [0.1, 0.15) is 5.82 Å². The summed E-state index contributed by atoms with van der Waals surface area (Å²) in [7, 11) is 1.59. The molecule has 0 spiro atoms. The summed E-state index contributed by atoms with van der Waals surface area (Å²) in [4.78, 5) is 0. The van der Waals surface area contributed by atoms with E-state index in [1.807, 2.05) is 0 Å². The first-order chi connectivity index (χ1) is 6.63. The molecule has 0 aliphatic rings. The van der Waals surface area contributed by atoms with Gasteiger partial charge in [0.15, 0.2) is 0 Å². The zero-order chi connectivity index (χ0) is 10.6. The number of hydrogen-bond donors (Lipinski definition) is 1. The van der Waals surface area contributed by atoms with E-state index >= 15 is 0 Å². The van der Waals surface area contributed by atoms with Crippen LogP contribution in [0.2, 0.25) is 5.02 Å². The second-order valence-electron chi connectivity index (χ2n) is 3.16. The molecule has 0 aliphatic heterocycles. The van der Waals surface area contributed by atoms with Crippen LogP contribution in [0.15, 0.2) is 18.2 Å². The first-order valence-corrected chi connectivity index (χ1v) is 4.69. The quantitative estimate of drug-likeness (QED) is 0.837. The van der Waals surface area contributed by atoms with Gasteiger partial charge in [-0.25, -0.2) is 4.39 Å². The van der Waals surface area contributed by atoms with Crippen LogP contribution in [0.1, 0.15) is 5.56 Å². The van der Waals surface area contributed by atoms with Crippen molar-refractivity contribution in [3.8, 4) is 0 Å². The summed E-state index contributed by atoms with van der Waals surface area (Å²) in [6.45, 7) is 0.466. The summed E-state index contributed by atoms with van der Waals surface area (Å²) in [5, 5.41) is 0.413. The standard InChI is InChI=1S/C10H13ClFNO/c1-14-6-9(13)4-7-2-3-8(12)5-10(7)11/h2-3,5,9H,4,6,13H2,1H3. The topological polar surface area (TPSA) is 35.2 Å². The Kier molecular flexibility index (Phi) is 4.32. The van der Waals surface area contributed by atoms with Crippen LogP contribution in [0, 0.1) is 5.82 Å². The van der Waals surface area contributed by atoms with Crippen molar-refractivity contribution in [2.45, 2.75) is 12.5 Å². The molecule has 2 nitrogen and oxygen atoms in total. The average Bonchev–Trinajstić information content (AvgIpc) is 2.10. The lowest BCUT2D eigenvalue weighted by atomic mass is 10.1. The highest BCUT2D eigenvalue weighted by Crippen LogP contribution is 2.18. The molecule has 0 bridgehead atoms. The molecule has 0 saturated heterocycles. The fraction of sp³-hybridized carbons (Fsp3) is 0.400. The van der Waals surface area contributed by atoms with E-state index in [4.69, 9.17) is 22.1 Å². The van der Waals surface area contributed by atoms with Crippen LogP contribution in [0.3, 0.4) is 0 Å². The van der Waals surface area contributed by atoms with Gasteiger partial charge >= 0.3 is 0 Å². The number of benzene rings is 1.